The molecule has 3 saturated heterocycles. The summed E-state index contributed by atoms with van der Waals surface area (Å²) in [6.07, 6.45) is 8.30. The molecule has 3 aliphatic heterocycles. The lowest BCUT2D eigenvalue weighted by Gasteiger charge is -2.35. The normalized spacial score (nSPS) is 27.7. The fourth-order valence-corrected chi connectivity index (χ4v) is 5.17. The number of hydrogen-bond acceptors (Lipinski definition) is 5. The van der Waals surface area contributed by atoms with Crippen molar-refractivity contribution >= 4 is 40.0 Å². The van der Waals surface area contributed by atoms with E-state index in [1.54, 1.807) is 4.31 Å². The first kappa shape index (κ1) is 25.1. The summed E-state index contributed by atoms with van der Waals surface area (Å²) in [7, 11) is -1.27. The molecular weight excluding hydrogens is 507 g/mol. The summed E-state index contributed by atoms with van der Waals surface area (Å²) in [5, 5.41) is 3.45. The fourth-order valence-electron chi connectivity index (χ4n) is 4.25. The van der Waals surface area contributed by atoms with Crippen molar-refractivity contribution in [2.75, 3.05) is 59.2 Å². The molecule has 0 spiro atoms. The molecule has 0 amide bonds. The van der Waals surface area contributed by atoms with Gasteiger partial charge in [-0.15, -0.1) is 24.0 Å². The first-order chi connectivity index (χ1) is 13.5. The molecule has 170 valence electrons. The van der Waals surface area contributed by atoms with Crippen molar-refractivity contribution in [2.24, 2.45) is 10.9 Å². The molecule has 0 aromatic rings. The van der Waals surface area contributed by atoms with Crippen LogP contribution in [0, 0.1) is 5.92 Å². The number of nitrogens with one attached hydrogen (secondary N) is 1. The van der Waals surface area contributed by atoms with Gasteiger partial charge in [0.25, 0.3) is 0 Å². The number of hydrogen-bond donors (Lipinski definition) is 1. The van der Waals surface area contributed by atoms with E-state index in [4.69, 9.17) is 9.47 Å². The summed E-state index contributed by atoms with van der Waals surface area (Å²) >= 11 is 0. The molecule has 2 unspecified atom stereocenters. The van der Waals surface area contributed by atoms with Gasteiger partial charge in [-0.05, 0) is 44.4 Å². The van der Waals surface area contributed by atoms with Gasteiger partial charge in [-0.2, -0.15) is 0 Å². The quantitative estimate of drug-likeness (QED) is 0.310. The van der Waals surface area contributed by atoms with Gasteiger partial charge in [0.05, 0.1) is 25.1 Å². The van der Waals surface area contributed by atoms with E-state index in [-0.39, 0.29) is 30.1 Å². The van der Waals surface area contributed by atoms with Gasteiger partial charge in [-0.25, -0.2) is 12.7 Å². The number of aliphatic imine (C=N–C) groups is 1. The second kappa shape index (κ2) is 12.0. The number of ether oxygens (including phenoxy) is 2. The van der Waals surface area contributed by atoms with Crippen LogP contribution in [0.3, 0.4) is 0 Å². The van der Waals surface area contributed by atoms with E-state index in [0.29, 0.717) is 25.1 Å². The Bertz CT molecular complexity index is 620. The van der Waals surface area contributed by atoms with Crippen molar-refractivity contribution in [1.82, 2.24) is 14.5 Å². The maximum Gasteiger partial charge on any atom is 0.211 e. The Kier molecular flexibility index (Phi) is 10.4. The minimum Gasteiger partial charge on any atom is -0.376 e. The molecule has 1 N–H and O–H groups in total. The highest BCUT2D eigenvalue weighted by atomic mass is 127. The molecule has 0 aliphatic carbocycles. The summed E-state index contributed by atoms with van der Waals surface area (Å²) in [5.41, 5.74) is 0. The molecule has 0 aromatic carbocycles. The van der Waals surface area contributed by atoms with Crippen LogP contribution < -0.4 is 5.32 Å². The molecule has 2 atom stereocenters. The molecule has 29 heavy (non-hydrogen) atoms. The lowest BCUT2D eigenvalue weighted by molar-refractivity contribution is -0.0721. The van der Waals surface area contributed by atoms with Gasteiger partial charge in [0.1, 0.15) is 0 Å². The number of nitrogens with zero attached hydrogens (tertiary/aromatic N) is 3. The van der Waals surface area contributed by atoms with Crippen molar-refractivity contribution in [3.63, 3.8) is 0 Å². The number of likely N-dealkylation sites (tertiary alicyclic amines) is 1. The second-order valence-corrected chi connectivity index (χ2v) is 10.2. The molecule has 3 heterocycles. The number of piperidine rings is 1. The maximum absolute atomic E-state index is 11.7. The Balaban J connectivity index is 0.00000300. The summed E-state index contributed by atoms with van der Waals surface area (Å²) < 4.78 is 36.7. The van der Waals surface area contributed by atoms with E-state index < -0.39 is 10.0 Å². The average molecular weight is 545 g/mol. The Morgan fingerprint density at radius 1 is 1.17 bits per heavy atom. The van der Waals surface area contributed by atoms with E-state index in [1.165, 1.54) is 19.1 Å². The molecule has 3 rings (SSSR count). The van der Waals surface area contributed by atoms with Gasteiger partial charge in [-0.3, -0.25) is 4.99 Å². The van der Waals surface area contributed by atoms with Crippen LogP contribution >= 0.6 is 24.0 Å². The molecule has 0 aromatic heterocycles. The zero-order chi connectivity index (χ0) is 20.0. The molecule has 10 heteroatoms. The van der Waals surface area contributed by atoms with Crippen LogP contribution in [0.15, 0.2) is 4.99 Å². The molecule has 0 radical (unpaired) electrons. The molecule has 3 aliphatic rings. The number of sulfonamides is 1. The Hall–Kier alpha value is -0.170. The summed E-state index contributed by atoms with van der Waals surface area (Å²) in [4.78, 5) is 6.70. The van der Waals surface area contributed by atoms with Crippen LogP contribution in [0.1, 0.15) is 38.5 Å². The van der Waals surface area contributed by atoms with Gasteiger partial charge in [0, 0.05) is 46.4 Å². The van der Waals surface area contributed by atoms with E-state index >= 15 is 0 Å². The standard InChI is InChI=1S/C19H36N4O4S.HI/c1-20-19(21-13-16-6-11-23(14-16)28(2,24)25)22-9-7-17(8-10-22)27-15-18-5-3-4-12-26-18;/h16-18H,3-15H2,1-2H3,(H,20,21);1H. The monoisotopic (exact) mass is 544 g/mol. The van der Waals surface area contributed by atoms with E-state index in [0.717, 1.165) is 64.5 Å². The minimum absolute atomic E-state index is 0. The number of halogens is 1. The van der Waals surface area contributed by atoms with Crippen LogP contribution in [-0.4, -0.2) is 95.0 Å². The van der Waals surface area contributed by atoms with Crippen LogP contribution in [0.5, 0.6) is 0 Å². The van der Waals surface area contributed by atoms with Crippen molar-refractivity contribution in [3.05, 3.63) is 0 Å². The lowest BCUT2D eigenvalue weighted by Crippen LogP contribution is -2.48. The van der Waals surface area contributed by atoms with E-state index in [9.17, 15) is 8.42 Å². The van der Waals surface area contributed by atoms with Crippen LogP contribution in [-0.2, 0) is 19.5 Å². The topological polar surface area (TPSA) is 83.5 Å². The SMILES string of the molecule is CN=C(NCC1CCN(S(C)(=O)=O)C1)N1CCC(OCC2CCCCO2)CC1.I. The predicted octanol–water partition coefficient (Wildman–Crippen LogP) is 1.51. The third kappa shape index (κ3) is 7.79. The van der Waals surface area contributed by atoms with Gasteiger partial charge < -0.3 is 19.7 Å². The second-order valence-electron chi connectivity index (χ2n) is 8.21. The predicted molar refractivity (Wildman–Crippen MR) is 125 cm³/mol. The zero-order valence-corrected chi connectivity index (χ0v) is 20.9. The average Bonchev–Trinajstić information content (AvgIpc) is 3.18. The number of guanidine groups is 1. The Morgan fingerprint density at radius 3 is 2.52 bits per heavy atom. The largest absolute Gasteiger partial charge is 0.376 e. The van der Waals surface area contributed by atoms with E-state index in [2.05, 4.69) is 15.2 Å². The summed E-state index contributed by atoms with van der Waals surface area (Å²) in [6.45, 7) is 5.42. The first-order valence-electron chi connectivity index (χ1n) is 10.6. The highest BCUT2D eigenvalue weighted by molar-refractivity contribution is 14.0. The molecular formula is C19H37IN4O4S. The van der Waals surface area contributed by atoms with Crippen LogP contribution in [0.4, 0.5) is 0 Å². The van der Waals surface area contributed by atoms with Gasteiger partial charge >= 0.3 is 0 Å². The first-order valence-corrected chi connectivity index (χ1v) is 12.4. The van der Waals surface area contributed by atoms with Gasteiger partial charge in [0.2, 0.25) is 10.0 Å². The van der Waals surface area contributed by atoms with Crippen molar-refractivity contribution < 1.29 is 17.9 Å². The van der Waals surface area contributed by atoms with Crippen molar-refractivity contribution in [3.8, 4) is 0 Å². The lowest BCUT2D eigenvalue weighted by atomic mass is 10.1. The van der Waals surface area contributed by atoms with Crippen LogP contribution in [0.25, 0.3) is 0 Å². The molecule has 8 nitrogen and oxygen atoms in total. The third-order valence-electron chi connectivity index (χ3n) is 6.01. The van der Waals surface area contributed by atoms with Crippen LogP contribution in [0.2, 0.25) is 0 Å². The maximum atomic E-state index is 11.7. The molecule has 0 bridgehead atoms. The highest BCUT2D eigenvalue weighted by Crippen LogP contribution is 2.19. The highest BCUT2D eigenvalue weighted by Gasteiger charge is 2.29. The molecule has 3 fully saturated rings. The van der Waals surface area contributed by atoms with Gasteiger partial charge in [0.15, 0.2) is 5.96 Å². The minimum atomic E-state index is -3.08. The number of rotatable bonds is 6. The van der Waals surface area contributed by atoms with E-state index in [1.807, 2.05) is 7.05 Å². The smallest absolute Gasteiger partial charge is 0.211 e. The van der Waals surface area contributed by atoms with Crippen molar-refractivity contribution in [2.45, 2.75) is 50.7 Å². The third-order valence-corrected chi connectivity index (χ3v) is 7.28. The Morgan fingerprint density at radius 2 is 1.93 bits per heavy atom. The summed E-state index contributed by atoms with van der Waals surface area (Å²) in [6, 6.07) is 0. The summed E-state index contributed by atoms with van der Waals surface area (Å²) in [5.74, 6) is 1.25. The van der Waals surface area contributed by atoms with Gasteiger partial charge in [-0.1, -0.05) is 0 Å². The molecule has 0 saturated carbocycles. The fraction of sp³-hybridized carbons (Fsp3) is 0.947. The Labute approximate surface area is 192 Å². The zero-order valence-electron chi connectivity index (χ0n) is 17.7. The van der Waals surface area contributed by atoms with Crippen molar-refractivity contribution in [1.29, 1.82) is 0 Å².